The molecule has 1 N–H and O–H groups in total. The molecule has 2 rings (SSSR count). The highest BCUT2D eigenvalue weighted by Gasteiger charge is 2.36. The molecule has 0 aromatic carbocycles. The summed E-state index contributed by atoms with van der Waals surface area (Å²) in [6, 6.07) is 0. The Balaban J connectivity index is 2.07. The second-order valence-electron chi connectivity index (χ2n) is 4.58. The van der Waals surface area contributed by atoms with Crippen molar-refractivity contribution in [1.82, 2.24) is 20.1 Å². The number of nitrogens with one attached hydrogen (secondary N) is 1. The molecule has 0 spiro atoms. The molecule has 0 saturated carbocycles. The van der Waals surface area contributed by atoms with Crippen LogP contribution in [-0.4, -0.2) is 33.6 Å². The Bertz CT molecular complexity index is 379. The highest BCUT2D eigenvalue weighted by molar-refractivity contribution is 5.86. The zero-order chi connectivity index (χ0) is 11.6. The number of hydrogen-bond acceptors (Lipinski definition) is 4. The van der Waals surface area contributed by atoms with E-state index in [1.165, 1.54) is 6.33 Å². The predicted octanol–water partition coefficient (Wildman–Crippen LogP) is 0.409. The minimum absolute atomic E-state index is 0.218. The van der Waals surface area contributed by atoms with E-state index in [0.717, 1.165) is 31.9 Å². The van der Waals surface area contributed by atoms with Crippen molar-refractivity contribution >= 4 is 5.78 Å². The Morgan fingerprint density at radius 2 is 2.50 bits per heavy atom. The van der Waals surface area contributed by atoms with Crippen LogP contribution < -0.4 is 5.32 Å². The van der Waals surface area contributed by atoms with Gasteiger partial charge in [0.25, 0.3) is 0 Å². The maximum Gasteiger partial charge on any atom is 0.147 e. The van der Waals surface area contributed by atoms with Crippen LogP contribution in [0.5, 0.6) is 0 Å². The first-order valence-electron chi connectivity index (χ1n) is 5.76. The zero-order valence-corrected chi connectivity index (χ0v) is 9.86. The standard InChI is InChI=1S/C11H18N4O/c1-3-15-10(13-8-14-15)6-9(16)11(2)4-5-12-7-11/h8,12H,3-7H2,1-2H3. The monoisotopic (exact) mass is 222 g/mol. The Morgan fingerprint density at radius 3 is 3.12 bits per heavy atom. The van der Waals surface area contributed by atoms with Crippen LogP contribution in [0.15, 0.2) is 6.33 Å². The first-order valence-corrected chi connectivity index (χ1v) is 5.76. The van der Waals surface area contributed by atoms with Crippen LogP contribution >= 0.6 is 0 Å². The van der Waals surface area contributed by atoms with Crippen LogP contribution in [0.2, 0.25) is 0 Å². The Hall–Kier alpha value is -1.23. The van der Waals surface area contributed by atoms with Crippen molar-refractivity contribution in [2.24, 2.45) is 5.41 Å². The fourth-order valence-corrected chi connectivity index (χ4v) is 2.10. The number of ketones is 1. The summed E-state index contributed by atoms with van der Waals surface area (Å²) < 4.78 is 1.78. The Morgan fingerprint density at radius 1 is 1.69 bits per heavy atom. The van der Waals surface area contributed by atoms with Gasteiger partial charge in [0.2, 0.25) is 0 Å². The van der Waals surface area contributed by atoms with Gasteiger partial charge in [-0.3, -0.25) is 4.79 Å². The Kier molecular flexibility index (Phi) is 3.05. The van der Waals surface area contributed by atoms with Crippen molar-refractivity contribution in [3.8, 4) is 0 Å². The lowest BCUT2D eigenvalue weighted by molar-refractivity contribution is -0.126. The number of nitrogens with zero attached hydrogens (tertiary/aromatic N) is 3. The summed E-state index contributed by atoms with van der Waals surface area (Å²) in [7, 11) is 0. The third-order valence-corrected chi connectivity index (χ3v) is 3.36. The third-order valence-electron chi connectivity index (χ3n) is 3.36. The highest BCUT2D eigenvalue weighted by Crippen LogP contribution is 2.26. The van der Waals surface area contributed by atoms with Gasteiger partial charge in [-0.2, -0.15) is 5.10 Å². The number of carbonyl (C=O) groups excluding carboxylic acids is 1. The number of hydrogen-bond donors (Lipinski definition) is 1. The summed E-state index contributed by atoms with van der Waals surface area (Å²) in [5.41, 5.74) is -0.218. The molecule has 5 heteroatoms. The fourth-order valence-electron chi connectivity index (χ4n) is 2.10. The molecule has 0 bridgehead atoms. The number of Topliss-reactive ketones (excluding diaryl/α,β-unsaturated/α-hetero) is 1. The summed E-state index contributed by atoms with van der Waals surface area (Å²) in [4.78, 5) is 16.3. The van der Waals surface area contributed by atoms with Gasteiger partial charge in [0.1, 0.15) is 17.9 Å². The van der Waals surface area contributed by atoms with Crippen LogP contribution in [-0.2, 0) is 17.8 Å². The summed E-state index contributed by atoms with van der Waals surface area (Å²) in [6.45, 7) is 6.51. The van der Waals surface area contributed by atoms with Crippen LogP contribution in [0.25, 0.3) is 0 Å². The molecular formula is C11H18N4O. The molecule has 1 aromatic heterocycles. The van der Waals surface area contributed by atoms with Crippen LogP contribution in [0, 0.1) is 5.41 Å². The molecule has 1 aliphatic heterocycles. The van der Waals surface area contributed by atoms with Crippen LogP contribution in [0.1, 0.15) is 26.1 Å². The second-order valence-corrected chi connectivity index (χ2v) is 4.58. The number of aromatic nitrogens is 3. The molecule has 1 unspecified atom stereocenters. The lowest BCUT2D eigenvalue weighted by Gasteiger charge is -2.20. The smallest absolute Gasteiger partial charge is 0.147 e. The van der Waals surface area contributed by atoms with Gasteiger partial charge >= 0.3 is 0 Å². The molecule has 5 nitrogen and oxygen atoms in total. The van der Waals surface area contributed by atoms with E-state index in [1.807, 2.05) is 13.8 Å². The van der Waals surface area contributed by atoms with Gasteiger partial charge in [-0.25, -0.2) is 9.67 Å². The van der Waals surface area contributed by atoms with Gasteiger partial charge in [-0.15, -0.1) is 0 Å². The molecule has 0 amide bonds. The molecular weight excluding hydrogens is 204 g/mol. The molecule has 1 fully saturated rings. The fraction of sp³-hybridized carbons (Fsp3) is 0.727. The van der Waals surface area contributed by atoms with Gasteiger partial charge in [-0.1, -0.05) is 6.92 Å². The van der Waals surface area contributed by atoms with E-state index in [9.17, 15) is 4.79 Å². The van der Waals surface area contributed by atoms with Crippen molar-refractivity contribution < 1.29 is 4.79 Å². The summed E-state index contributed by atoms with van der Waals surface area (Å²) >= 11 is 0. The van der Waals surface area contributed by atoms with Crippen LogP contribution in [0.3, 0.4) is 0 Å². The summed E-state index contributed by atoms with van der Waals surface area (Å²) in [5, 5.41) is 7.31. The lowest BCUT2D eigenvalue weighted by Crippen LogP contribution is -2.32. The molecule has 2 heterocycles. The molecule has 1 aromatic rings. The van der Waals surface area contributed by atoms with Crippen molar-refractivity contribution in [2.75, 3.05) is 13.1 Å². The van der Waals surface area contributed by atoms with E-state index in [1.54, 1.807) is 4.68 Å². The third kappa shape index (κ3) is 2.00. The van der Waals surface area contributed by atoms with Crippen LogP contribution in [0.4, 0.5) is 0 Å². The quantitative estimate of drug-likeness (QED) is 0.801. The van der Waals surface area contributed by atoms with E-state index in [4.69, 9.17) is 0 Å². The van der Waals surface area contributed by atoms with Gasteiger partial charge in [0.15, 0.2) is 0 Å². The lowest BCUT2D eigenvalue weighted by atomic mass is 9.83. The van der Waals surface area contributed by atoms with Crippen molar-refractivity contribution in [3.63, 3.8) is 0 Å². The van der Waals surface area contributed by atoms with Gasteiger partial charge in [0.05, 0.1) is 6.42 Å². The molecule has 0 radical (unpaired) electrons. The SMILES string of the molecule is CCn1ncnc1CC(=O)C1(C)CCNC1. The normalized spacial score (nSPS) is 24.9. The minimum atomic E-state index is -0.218. The van der Waals surface area contributed by atoms with Crippen molar-refractivity contribution in [3.05, 3.63) is 12.2 Å². The van der Waals surface area contributed by atoms with Gasteiger partial charge in [0, 0.05) is 18.5 Å². The van der Waals surface area contributed by atoms with E-state index < -0.39 is 0 Å². The number of carbonyl (C=O) groups is 1. The van der Waals surface area contributed by atoms with Crippen molar-refractivity contribution in [1.29, 1.82) is 0 Å². The minimum Gasteiger partial charge on any atom is -0.316 e. The molecule has 1 aliphatic rings. The number of rotatable bonds is 4. The van der Waals surface area contributed by atoms with E-state index in [0.29, 0.717) is 6.42 Å². The van der Waals surface area contributed by atoms with Crippen molar-refractivity contribution in [2.45, 2.75) is 33.2 Å². The zero-order valence-electron chi connectivity index (χ0n) is 9.86. The largest absolute Gasteiger partial charge is 0.316 e. The molecule has 16 heavy (non-hydrogen) atoms. The highest BCUT2D eigenvalue weighted by atomic mass is 16.1. The van der Waals surface area contributed by atoms with E-state index >= 15 is 0 Å². The molecule has 88 valence electrons. The first kappa shape index (κ1) is 11.3. The maximum atomic E-state index is 12.2. The average Bonchev–Trinajstić information content (AvgIpc) is 2.87. The average molecular weight is 222 g/mol. The Labute approximate surface area is 95.2 Å². The summed E-state index contributed by atoms with van der Waals surface area (Å²) in [5.74, 6) is 1.04. The molecule has 0 aliphatic carbocycles. The first-order chi connectivity index (χ1) is 7.65. The number of aryl methyl sites for hydroxylation is 1. The molecule has 1 saturated heterocycles. The maximum absolute atomic E-state index is 12.2. The van der Waals surface area contributed by atoms with Gasteiger partial charge < -0.3 is 5.32 Å². The van der Waals surface area contributed by atoms with Gasteiger partial charge in [-0.05, 0) is 19.9 Å². The van der Waals surface area contributed by atoms with E-state index in [2.05, 4.69) is 15.4 Å². The van der Waals surface area contributed by atoms with E-state index in [-0.39, 0.29) is 11.2 Å². The predicted molar refractivity (Wildman–Crippen MR) is 60.0 cm³/mol. The topological polar surface area (TPSA) is 59.8 Å². The summed E-state index contributed by atoms with van der Waals surface area (Å²) in [6.07, 6.45) is 2.83. The molecule has 1 atom stereocenters. The second kappa shape index (κ2) is 4.33.